The molecule has 0 amide bonds. The Morgan fingerprint density at radius 1 is 1.36 bits per heavy atom. The van der Waals surface area contributed by atoms with E-state index in [0.717, 1.165) is 0 Å². The molecule has 0 aliphatic carbocycles. The number of carbonyl (C=O) groups is 1. The lowest BCUT2D eigenvalue weighted by Gasteiger charge is -2.10. The highest BCUT2D eigenvalue weighted by Gasteiger charge is 2.20. The van der Waals surface area contributed by atoms with E-state index < -0.39 is 17.9 Å². The van der Waals surface area contributed by atoms with Crippen LogP contribution in [0.5, 0.6) is 11.6 Å². The molecule has 0 aliphatic rings. The van der Waals surface area contributed by atoms with Crippen LogP contribution in [-0.4, -0.2) is 28.3 Å². The lowest BCUT2D eigenvalue weighted by Crippen LogP contribution is -2.08. The summed E-state index contributed by atoms with van der Waals surface area (Å²) in [4.78, 5) is 18.1. The van der Waals surface area contributed by atoms with E-state index in [1.54, 1.807) is 0 Å². The summed E-state index contributed by atoms with van der Waals surface area (Å²) in [6.45, 7) is 0. The van der Waals surface area contributed by atoms with Gasteiger partial charge in [-0.05, 0) is 12.1 Å². The van der Waals surface area contributed by atoms with E-state index in [1.165, 1.54) is 19.2 Å². The van der Waals surface area contributed by atoms with Crippen LogP contribution < -0.4 is 15.2 Å². The number of anilines is 1. The fourth-order valence-corrected chi connectivity index (χ4v) is 1.95. The Kier molecular flexibility index (Phi) is 4.53. The minimum absolute atomic E-state index is 0.0488. The first-order chi connectivity index (χ1) is 10.3. The summed E-state index contributed by atoms with van der Waals surface area (Å²) >= 11 is 11.5. The molecular weight excluding hydrogens is 340 g/mol. The number of benzene rings is 1. The molecular formula is C12H8Cl2FN3O4. The molecule has 22 heavy (non-hydrogen) atoms. The zero-order valence-electron chi connectivity index (χ0n) is 10.9. The number of hydrogen-bond acceptors (Lipinski definition) is 6. The number of halogens is 3. The normalized spacial score (nSPS) is 10.4. The fraction of sp³-hybridized carbons (Fsp3) is 0.0833. The zero-order chi connectivity index (χ0) is 16.4. The first-order valence-electron chi connectivity index (χ1n) is 5.61. The molecule has 0 atom stereocenters. The summed E-state index contributed by atoms with van der Waals surface area (Å²) in [5, 5.41) is 8.37. The van der Waals surface area contributed by atoms with Crippen molar-refractivity contribution in [2.24, 2.45) is 0 Å². The van der Waals surface area contributed by atoms with Crippen LogP contribution in [0.15, 0.2) is 12.1 Å². The molecule has 2 aromatic rings. The zero-order valence-corrected chi connectivity index (χ0v) is 12.4. The van der Waals surface area contributed by atoms with Crippen molar-refractivity contribution in [3.8, 4) is 23.0 Å². The number of nitrogens with zero attached hydrogens (tertiary/aromatic N) is 2. The average molecular weight is 348 g/mol. The highest BCUT2D eigenvalue weighted by atomic mass is 35.5. The summed E-state index contributed by atoms with van der Waals surface area (Å²) < 4.78 is 23.5. The van der Waals surface area contributed by atoms with Crippen molar-refractivity contribution in [1.82, 2.24) is 9.97 Å². The van der Waals surface area contributed by atoms with E-state index in [-0.39, 0.29) is 33.0 Å². The van der Waals surface area contributed by atoms with Gasteiger partial charge < -0.3 is 20.3 Å². The minimum atomic E-state index is -1.65. The smallest absolute Gasteiger partial charge is 0.492 e. The van der Waals surface area contributed by atoms with Gasteiger partial charge in [0.15, 0.2) is 17.4 Å². The van der Waals surface area contributed by atoms with E-state index in [1.807, 2.05) is 0 Å². The van der Waals surface area contributed by atoms with E-state index >= 15 is 0 Å². The Balaban J connectivity index is 2.63. The summed E-state index contributed by atoms with van der Waals surface area (Å²) in [5.41, 5.74) is 5.44. The van der Waals surface area contributed by atoms with Gasteiger partial charge in [-0.15, -0.1) is 0 Å². The fourth-order valence-electron chi connectivity index (χ4n) is 1.61. The quantitative estimate of drug-likeness (QED) is 0.820. The van der Waals surface area contributed by atoms with Crippen molar-refractivity contribution >= 4 is 35.2 Å². The van der Waals surface area contributed by atoms with Crippen LogP contribution in [0.2, 0.25) is 10.0 Å². The van der Waals surface area contributed by atoms with Crippen LogP contribution in [0, 0.1) is 5.82 Å². The molecule has 0 bridgehead atoms. The van der Waals surface area contributed by atoms with Crippen LogP contribution in [0.4, 0.5) is 15.0 Å². The van der Waals surface area contributed by atoms with Crippen LogP contribution in [-0.2, 0) is 0 Å². The SMILES string of the molecule is COc1c(Cl)ccc(-c2nc(N)c(Cl)c(OC(=O)O)n2)c1F. The Hall–Kier alpha value is -2.32. The first kappa shape index (κ1) is 16.1. The maximum atomic E-state index is 14.3. The number of ether oxygens (including phenoxy) is 2. The standard InChI is InChI=1S/C12H8Cl2FN3O4/c1-21-8-5(13)3-2-4(7(8)15)10-17-9(16)6(14)11(18-10)22-12(19)20/h2-3H,1H3,(H,19,20)(H2,16,17,18). The highest BCUT2D eigenvalue weighted by Crippen LogP contribution is 2.36. The van der Waals surface area contributed by atoms with Gasteiger partial charge in [0.1, 0.15) is 10.8 Å². The number of nitrogens with two attached hydrogens (primary N) is 1. The van der Waals surface area contributed by atoms with Crippen LogP contribution in [0.3, 0.4) is 0 Å². The van der Waals surface area contributed by atoms with Crippen LogP contribution in [0.25, 0.3) is 11.4 Å². The van der Waals surface area contributed by atoms with Crippen LogP contribution in [0.1, 0.15) is 0 Å². The van der Waals surface area contributed by atoms with Gasteiger partial charge in [0.25, 0.3) is 5.88 Å². The molecule has 0 unspecified atom stereocenters. The van der Waals surface area contributed by atoms with Gasteiger partial charge in [-0.1, -0.05) is 23.2 Å². The van der Waals surface area contributed by atoms with E-state index in [4.69, 9.17) is 38.8 Å². The number of carboxylic acid groups (broad SMARTS) is 1. The predicted octanol–water partition coefficient (Wildman–Crippen LogP) is 3.24. The Morgan fingerprint density at radius 3 is 2.64 bits per heavy atom. The third kappa shape index (κ3) is 2.97. The third-order valence-corrected chi connectivity index (χ3v) is 3.18. The molecule has 116 valence electrons. The molecule has 0 saturated heterocycles. The molecule has 1 aromatic carbocycles. The van der Waals surface area contributed by atoms with Gasteiger partial charge in [-0.3, -0.25) is 0 Å². The van der Waals surface area contributed by atoms with Gasteiger partial charge in [-0.2, -0.15) is 4.98 Å². The molecule has 1 heterocycles. The van der Waals surface area contributed by atoms with Crippen molar-refractivity contribution in [2.75, 3.05) is 12.8 Å². The predicted molar refractivity (Wildman–Crippen MR) is 77.1 cm³/mol. The third-order valence-electron chi connectivity index (χ3n) is 2.52. The summed E-state index contributed by atoms with van der Waals surface area (Å²) in [7, 11) is 1.24. The lowest BCUT2D eigenvalue weighted by atomic mass is 10.2. The lowest BCUT2D eigenvalue weighted by molar-refractivity contribution is 0.142. The van der Waals surface area contributed by atoms with Crippen molar-refractivity contribution in [3.63, 3.8) is 0 Å². The molecule has 3 N–H and O–H groups in total. The number of aromatic nitrogens is 2. The molecule has 0 spiro atoms. The second kappa shape index (κ2) is 6.20. The van der Waals surface area contributed by atoms with E-state index in [9.17, 15) is 9.18 Å². The molecule has 2 rings (SSSR count). The number of rotatable bonds is 3. The van der Waals surface area contributed by atoms with Crippen LogP contribution >= 0.6 is 23.2 Å². The minimum Gasteiger partial charge on any atom is -0.492 e. The molecule has 10 heteroatoms. The Bertz CT molecular complexity index is 758. The summed E-state index contributed by atoms with van der Waals surface area (Å²) in [5.74, 6) is -2.05. The monoisotopic (exact) mass is 347 g/mol. The van der Waals surface area contributed by atoms with Crippen molar-refractivity contribution in [3.05, 3.63) is 28.0 Å². The number of hydrogen-bond donors (Lipinski definition) is 2. The van der Waals surface area contributed by atoms with Gasteiger partial charge >= 0.3 is 6.16 Å². The average Bonchev–Trinajstić information content (AvgIpc) is 2.44. The number of methoxy groups -OCH3 is 1. The first-order valence-corrected chi connectivity index (χ1v) is 6.37. The maximum absolute atomic E-state index is 14.3. The highest BCUT2D eigenvalue weighted by molar-refractivity contribution is 6.34. The van der Waals surface area contributed by atoms with Crippen molar-refractivity contribution in [1.29, 1.82) is 0 Å². The van der Waals surface area contributed by atoms with E-state index in [0.29, 0.717) is 0 Å². The summed E-state index contributed by atoms with van der Waals surface area (Å²) in [6.07, 6.45) is -1.65. The summed E-state index contributed by atoms with van der Waals surface area (Å²) in [6, 6.07) is 2.65. The second-order valence-electron chi connectivity index (χ2n) is 3.86. The Labute approximate surface area is 133 Å². The largest absolute Gasteiger partial charge is 0.512 e. The molecule has 0 fully saturated rings. The van der Waals surface area contributed by atoms with Gasteiger partial charge in [0, 0.05) is 0 Å². The Morgan fingerprint density at radius 2 is 2.05 bits per heavy atom. The van der Waals surface area contributed by atoms with Gasteiger partial charge in [-0.25, -0.2) is 14.2 Å². The van der Waals surface area contributed by atoms with Gasteiger partial charge in [0.05, 0.1) is 17.7 Å². The molecule has 0 saturated carbocycles. The number of nitrogen functional groups attached to an aromatic ring is 1. The van der Waals surface area contributed by atoms with Gasteiger partial charge in [0.2, 0.25) is 0 Å². The van der Waals surface area contributed by atoms with Crippen molar-refractivity contribution in [2.45, 2.75) is 0 Å². The molecule has 1 aromatic heterocycles. The van der Waals surface area contributed by atoms with E-state index in [2.05, 4.69) is 14.7 Å². The maximum Gasteiger partial charge on any atom is 0.512 e. The molecule has 0 radical (unpaired) electrons. The molecule has 7 nitrogen and oxygen atoms in total. The second-order valence-corrected chi connectivity index (χ2v) is 4.65. The van der Waals surface area contributed by atoms with Crippen molar-refractivity contribution < 1.29 is 23.8 Å². The molecule has 0 aliphatic heterocycles. The topological polar surface area (TPSA) is 108 Å².